The molecule has 0 aliphatic rings. The van der Waals surface area contributed by atoms with Crippen LogP contribution in [0.1, 0.15) is 32.2 Å². The number of rotatable bonds is 6. The minimum Gasteiger partial charge on any atom is -0.410 e. The number of hydrogen-bond acceptors (Lipinski definition) is 5. The molecular weight excluding hydrogens is 228 g/mol. The van der Waals surface area contributed by atoms with Crippen LogP contribution < -0.4 is 11.5 Å². The maximum Gasteiger partial charge on any atom is 0.277 e. The van der Waals surface area contributed by atoms with Crippen molar-refractivity contribution in [2.75, 3.05) is 5.75 Å². The molecule has 0 spiro atoms. The number of carbonyl (C=O) groups is 1. The lowest BCUT2D eigenvalue weighted by atomic mass is 10.1. The summed E-state index contributed by atoms with van der Waals surface area (Å²) in [5, 5.41) is 8.08. The van der Waals surface area contributed by atoms with E-state index < -0.39 is 5.91 Å². The van der Waals surface area contributed by atoms with E-state index >= 15 is 0 Å². The highest BCUT2D eigenvalue weighted by molar-refractivity contribution is 7.99. The largest absolute Gasteiger partial charge is 0.410 e. The van der Waals surface area contributed by atoms with Crippen molar-refractivity contribution < 1.29 is 14.9 Å². The average Bonchev–Trinajstić information content (AvgIpc) is 2.61. The topological polar surface area (TPSA) is 110 Å². The van der Waals surface area contributed by atoms with Gasteiger partial charge in [0.15, 0.2) is 6.04 Å². The summed E-state index contributed by atoms with van der Waals surface area (Å²) in [6, 6.07) is -0.00423. The fourth-order valence-electron chi connectivity index (χ4n) is 1.25. The van der Waals surface area contributed by atoms with Crippen LogP contribution in [-0.4, -0.2) is 21.9 Å². The SMILES string of the molecule is CC(C)C[C@H]([NH3+])c1nnc(SCC(N)=O)o1. The average molecular weight is 245 g/mol. The van der Waals surface area contributed by atoms with Crippen LogP contribution in [0.2, 0.25) is 0 Å². The standard InChI is InChI=1S/C9H16N4O2S/c1-5(2)3-6(10)8-12-13-9(15-8)16-4-7(11)14/h5-6H,3-4,10H2,1-2H3,(H2,11,14)/p+1/t6-/m0/s1. The van der Waals surface area contributed by atoms with Crippen LogP contribution in [0, 0.1) is 5.92 Å². The predicted octanol–water partition coefficient (Wildman–Crippen LogP) is -0.0239. The third-order valence-electron chi connectivity index (χ3n) is 1.87. The van der Waals surface area contributed by atoms with Crippen molar-refractivity contribution in [1.82, 2.24) is 10.2 Å². The number of aromatic nitrogens is 2. The Hall–Kier alpha value is -1.08. The zero-order valence-corrected chi connectivity index (χ0v) is 10.3. The van der Waals surface area contributed by atoms with E-state index in [0.717, 1.165) is 18.2 Å². The number of quaternary nitrogens is 1. The molecule has 0 saturated heterocycles. The number of primary amides is 1. The molecule has 0 aliphatic carbocycles. The Balaban J connectivity index is 2.53. The molecule has 0 saturated carbocycles. The molecule has 0 aliphatic heterocycles. The molecule has 1 heterocycles. The number of thioether (sulfide) groups is 1. The molecule has 5 N–H and O–H groups in total. The van der Waals surface area contributed by atoms with E-state index in [1.807, 2.05) is 0 Å². The Morgan fingerprint density at radius 1 is 1.56 bits per heavy atom. The zero-order chi connectivity index (χ0) is 12.1. The molecule has 6 nitrogen and oxygen atoms in total. The van der Waals surface area contributed by atoms with Gasteiger partial charge in [0.1, 0.15) is 0 Å². The smallest absolute Gasteiger partial charge is 0.277 e. The van der Waals surface area contributed by atoms with Gasteiger partial charge in [-0.1, -0.05) is 25.6 Å². The summed E-state index contributed by atoms with van der Waals surface area (Å²) < 4.78 is 5.37. The molecule has 0 radical (unpaired) electrons. The number of carbonyl (C=O) groups excluding carboxylic acids is 1. The lowest BCUT2D eigenvalue weighted by Gasteiger charge is -2.05. The molecule has 7 heteroatoms. The molecule has 0 bridgehead atoms. The maximum absolute atomic E-state index is 10.6. The van der Waals surface area contributed by atoms with Gasteiger partial charge in [0.05, 0.1) is 5.75 Å². The quantitative estimate of drug-likeness (QED) is 0.684. The van der Waals surface area contributed by atoms with E-state index in [4.69, 9.17) is 10.2 Å². The molecular formula is C9H17N4O2S+. The Morgan fingerprint density at radius 2 is 2.25 bits per heavy atom. The fraction of sp³-hybridized carbons (Fsp3) is 0.667. The summed E-state index contributed by atoms with van der Waals surface area (Å²) in [4.78, 5) is 10.6. The highest BCUT2D eigenvalue weighted by Gasteiger charge is 2.19. The molecule has 1 aromatic rings. The Labute approximate surface area is 98.2 Å². The van der Waals surface area contributed by atoms with Gasteiger partial charge in [-0.15, -0.1) is 10.2 Å². The molecule has 1 aromatic heterocycles. The lowest BCUT2D eigenvalue weighted by molar-refractivity contribution is -0.435. The molecule has 16 heavy (non-hydrogen) atoms. The van der Waals surface area contributed by atoms with Crippen LogP contribution in [0.4, 0.5) is 0 Å². The van der Waals surface area contributed by atoms with Gasteiger partial charge in [-0.05, 0) is 5.92 Å². The van der Waals surface area contributed by atoms with Crippen molar-refractivity contribution in [3.8, 4) is 0 Å². The molecule has 0 unspecified atom stereocenters. The van der Waals surface area contributed by atoms with Crippen molar-refractivity contribution in [1.29, 1.82) is 0 Å². The van der Waals surface area contributed by atoms with Crippen molar-refractivity contribution in [3.63, 3.8) is 0 Å². The van der Waals surface area contributed by atoms with Crippen LogP contribution in [0.15, 0.2) is 9.64 Å². The number of amides is 1. The summed E-state index contributed by atoms with van der Waals surface area (Å²) >= 11 is 1.14. The Bertz CT molecular complexity index is 353. The first-order valence-electron chi connectivity index (χ1n) is 5.06. The monoisotopic (exact) mass is 245 g/mol. The second-order valence-electron chi connectivity index (χ2n) is 3.99. The third kappa shape index (κ3) is 4.19. The summed E-state index contributed by atoms with van der Waals surface area (Å²) in [6.07, 6.45) is 0.891. The van der Waals surface area contributed by atoms with E-state index in [1.54, 1.807) is 0 Å². The Kier molecular flexibility index (Phi) is 4.75. The molecule has 0 fully saturated rings. The van der Waals surface area contributed by atoms with E-state index in [-0.39, 0.29) is 11.8 Å². The summed E-state index contributed by atoms with van der Waals surface area (Å²) in [5.41, 5.74) is 8.97. The molecule has 1 rings (SSSR count). The number of nitrogens with two attached hydrogens (primary N) is 1. The molecule has 90 valence electrons. The van der Waals surface area contributed by atoms with Gasteiger partial charge in [0.2, 0.25) is 5.91 Å². The first-order valence-corrected chi connectivity index (χ1v) is 6.05. The van der Waals surface area contributed by atoms with Crippen molar-refractivity contribution in [3.05, 3.63) is 5.89 Å². The zero-order valence-electron chi connectivity index (χ0n) is 9.47. The van der Waals surface area contributed by atoms with Gasteiger partial charge in [-0.3, -0.25) is 4.79 Å². The molecule has 0 aromatic carbocycles. The predicted molar refractivity (Wildman–Crippen MR) is 59.3 cm³/mol. The minimum atomic E-state index is -0.405. The van der Waals surface area contributed by atoms with E-state index in [9.17, 15) is 4.79 Å². The van der Waals surface area contributed by atoms with Gasteiger partial charge >= 0.3 is 0 Å². The molecule has 1 atom stereocenters. The van der Waals surface area contributed by atoms with Crippen molar-refractivity contribution in [2.24, 2.45) is 11.7 Å². The van der Waals surface area contributed by atoms with Gasteiger partial charge in [0, 0.05) is 6.42 Å². The summed E-state index contributed by atoms with van der Waals surface area (Å²) in [6.45, 7) is 4.22. The van der Waals surface area contributed by atoms with Gasteiger partial charge in [-0.25, -0.2) is 0 Å². The van der Waals surface area contributed by atoms with E-state index in [1.165, 1.54) is 0 Å². The highest BCUT2D eigenvalue weighted by atomic mass is 32.2. The van der Waals surface area contributed by atoms with Gasteiger partial charge in [-0.2, -0.15) is 0 Å². The van der Waals surface area contributed by atoms with E-state index in [2.05, 4.69) is 29.8 Å². The summed E-state index contributed by atoms with van der Waals surface area (Å²) in [5.74, 6) is 0.781. The van der Waals surface area contributed by atoms with Gasteiger partial charge < -0.3 is 15.9 Å². The number of nitrogens with zero attached hydrogens (tertiary/aromatic N) is 2. The van der Waals surface area contributed by atoms with Crippen molar-refractivity contribution in [2.45, 2.75) is 31.5 Å². The summed E-state index contributed by atoms with van der Waals surface area (Å²) in [7, 11) is 0. The van der Waals surface area contributed by atoms with Crippen LogP contribution in [-0.2, 0) is 4.79 Å². The fourth-order valence-corrected chi connectivity index (χ4v) is 1.76. The maximum atomic E-state index is 10.6. The van der Waals surface area contributed by atoms with E-state index in [0.29, 0.717) is 17.0 Å². The highest BCUT2D eigenvalue weighted by Crippen LogP contribution is 2.20. The first kappa shape index (κ1) is 13.0. The first-order chi connectivity index (χ1) is 7.49. The lowest BCUT2D eigenvalue weighted by Crippen LogP contribution is -2.54. The van der Waals surface area contributed by atoms with Crippen LogP contribution >= 0.6 is 11.8 Å². The number of hydrogen-bond donors (Lipinski definition) is 2. The van der Waals surface area contributed by atoms with Crippen LogP contribution in [0.3, 0.4) is 0 Å². The van der Waals surface area contributed by atoms with Crippen molar-refractivity contribution >= 4 is 17.7 Å². The minimum absolute atomic E-state index is 0.00423. The van der Waals surface area contributed by atoms with Crippen LogP contribution in [0.5, 0.6) is 0 Å². The second-order valence-corrected chi connectivity index (χ2v) is 4.91. The normalized spacial score (nSPS) is 13.0. The van der Waals surface area contributed by atoms with Crippen LogP contribution in [0.25, 0.3) is 0 Å². The Morgan fingerprint density at radius 3 is 2.81 bits per heavy atom. The third-order valence-corrected chi connectivity index (χ3v) is 2.71. The van der Waals surface area contributed by atoms with Gasteiger partial charge in [0.25, 0.3) is 11.1 Å². The molecule has 1 amide bonds. The second kappa shape index (κ2) is 5.86.